The molecule has 0 saturated heterocycles. The maximum absolute atomic E-state index is 10.9. The van der Waals surface area contributed by atoms with Crippen LogP contribution in [0.25, 0.3) is 0 Å². The SMILES string of the molecule is CCCN(CC)Cc1cccc(CNC(C)=O)c1. The molecule has 0 saturated carbocycles. The van der Waals surface area contributed by atoms with Crippen molar-refractivity contribution in [2.24, 2.45) is 0 Å². The van der Waals surface area contributed by atoms with Crippen molar-refractivity contribution < 1.29 is 4.79 Å². The van der Waals surface area contributed by atoms with Gasteiger partial charge >= 0.3 is 0 Å². The number of carbonyl (C=O) groups is 1. The number of rotatable bonds is 7. The second-order valence-electron chi connectivity index (χ2n) is 4.60. The predicted molar refractivity (Wildman–Crippen MR) is 75.2 cm³/mol. The first-order chi connectivity index (χ1) is 8.65. The molecular weight excluding hydrogens is 224 g/mol. The second-order valence-corrected chi connectivity index (χ2v) is 4.60. The summed E-state index contributed by atoms with van der Waals surface area (Å²) in [5.41, 5.74) is 2.48. The van der Waals surface area contributed by atoms with Crippen LogP contribution in [0.15, 0.2) is 24.3 Å². The fourth-order valence-electron chi connectivity index (χ4n) is 1.99. The van der Waals surface area contributed by atoms with Gasteiger partial charge in [0.15, 0.2) is 0 Å². The normalized spacial score (nSPS) is 10.7. The lowest BCUT2D eigenvalue weighted by Crippen LogP contribution is -2.24. The Bertz CT molecular complexity index is 377. The fourth-order valence-corrected chi connectivity index (χ4v) is 1.99. The van der Waals surface area contributed by atoms with Crippen molar-refractivity contribution in [3.63, 3.8) is 0 Å². The maximum Gasteiger partial charge on any atom is 0.217 e. The van der Waals surface area contributed by atoms with Crippen LogP contribution in [0.5, 0.6) is 0 Å². The molecular formula is C15H24N2O. The molecule has 0 aromatic heterocycles. The van der Waals surface area contributed by atoms with E-state index in [1.807, 2.05) is 0 Å². The van der Waals surface area contributed by atoms with E-state index in [0.29, 0.717) is 6.54 Å². The van der Waals surface area contributed by atoms with E-state index in [0.717, 1.165) is 25.2 Å². The number of nitrogens with zero attached hydrogens (tertiary/aromatic N) is 1. The Balaban J connectivity index is 2.60. The summed E-state index contributed by atoms with van der Waals surface area (Å²) in [4.78, 5) is 13.3. The van der Waals surface area contributed by atoms with Gasteiger partial charge in [0.2, 0.25) is 5.91 Å². The lowest BCUT2D eigenvalue weighted by Gasteiger charge is -2.19. The summed E-state index contributed by atoms with van der Waals surface area (Å²) in [6, 6.07) is 8.44. The molecule has 0 heterocycles. The van der Waals surface area contributed by atoms with Crippen molar-refractivity contribution in [2.45, 2.75) is 40.3 Å². The van der Waals surface area contributed by atoms with Gasteiger partial charge in [-0.15, -0.1) is 0 Å². The highest BCUT2D eigenvalue weighted by atomic mass is 16.1. The molecule has 0 radical (unpaired) electrons. The summed E-state index contributed by atoms with van der Waals surface area (Å²) in [7, 11) is 0. The predicted octanol–water partition coefficient (Wildman–Crippen LogP) is 2.55. The number of hydrogen-bond donors (Lipinski definition) is 1. The molecule has 0 spiro atoms. The standard InChI is InChI=1S/C15H24N2O/c1-4-9-17(5-2)12-15-8-6-7-14(10-15)11-16-13(3)18/h6-8,10H,4-5,9,11-12H2,1-3H3,(H,16,18). The Kier molecular flexibility index (Phi) is 6.44. The van der Waals surface area contributed by atoms with Crippen molar-refractivity contribution in [3.8, 4) is 0 Å². The Morgan fingerprint density at radius 2 is 2.00 bits per heavy atom. The Morgan fingerprint density at radius 3 is 2.61 bits per heavy atom. The van der Waals surface area contributed by atoms with Crippen LogP contribution in [0.1, 0.15) is 38.3 Å². The van der Waals surface area contributed by atoms with Crippen molar-refractivity contribution in [1.29, 1.82) is 0 Å². The highest BCUT2D eigenvalue weighted by Gasteiger charge is 2.03. The molecule has 0 fully saturated rings. The van der Waals surface area contributed by atoms with Crippen molar-refractivity contribution in [1.82, 2.24) is 10.2 Å². The maximum atomic E-state index is 10.9. The fraction of sp³-hybridized carbons (Fsp3) is 0.533. The zero-order valence-electron chi connectivity index (χ0n) is 11.7. The molecule has 1 amide bonds. The van der Waals surface area contributed by atoms with Gasteiger partial charge in [0, 0.05) is 20.0 Å². The largest absolute Gasteiger partial charge is 0.352 e. The van der Waals surface area contributed by atoms with E-state index >= 15 is 0 Å². The van der Waals surface area contributed by atoms with E-state index in [2.05, 4.69) is 48.3 Å². The molecule has 3 nitrogen and oxygen atoms in total. The highest BCUT2D eigenvalue weighted by molar-refractivity contribution is 5.72. The summed E-state index contributed by atoms with van der Waals surface area (Å²) < 4.78 is 0. The number of hydrogen-bond acceptors (Lipinski definition) is 2. The van der Waals surface area contributed by atoms with E-state index in [1.54, 1.807) is 6.92 Å². The van der Waals surface area contributed by atoms with Crippen LogP contribution in [-0.2, 0) is 17.9 Å². The molecule has 1 aromatic rings. The number of nitrogens with one attached hydrogen (secondary N) is 1. The molecule has 0 aliphatic rings. The molecule has 0 atom stereocenters. The number of carbonyl (C=O) groups excluding carboxylic acids is 1. The molecule has 1 rings (SSSR count). The molecule has 18 heavy (non-hydrogen) atoms. The number of amides is 1. The molecule has 1 aromatic carbocycles. The summed E-state index contributed by atoms with van der Waals surface area (Å²) in [6.07, 6.45) is 1.18. The summed E-state index contributed by atoms with van der Waals surface area (Å²) in [6.45, 7) is 9.74. The molecule has 3 heteroatoms. The first-order valence-corrected chi connectivity index (χ1v) is 6.70. The van der Waals surface area contributed by atoms with E-state index < -0.39 is 0 Å². The van der Waals surface area contributed by atoms with Gasteiger partial charge in [-0.2, -0.15) is 0 Å². The summed E-state index contributed by atoms with van der Waals surface area (Å²) in [5.74, 6) is 0.0153. The second kappa shape index (κ2) is 7.88. The van der Waals surface area contributed by atoms with Crippen LogP contribution in [0.2, 0.25) is 0 Å². The Labute approximate surface area is 110 Å². The number of benzene rings is 1. The van der Waals surface area contributed by atoms with Gasteiger partial charge in [-0.1, -0.05) is 38.1 Å². The third-order valence-corrected chi connectivity index (χ3v) is 2.93. The lowest BCUT2D eigenvalue weighted by molar-refractivity contribution is -0.119. The van der Waals surface area contributed by atoms with Crippen LogP contribution in [0, 0.1) is 0 Å². The van der Waals surface area contributed by atoms with Gasteiger partial charge in [0.1, 0.15) is 0 Å². The molecule has 100 valence electrons. The smallest absolute Gasteiger partial charge is 0.217 e. The zero-order valence-corrected chi connectivity index (χ0v) is 11.7. The van der Waals surface area contributed by atoms with Crippen LogP contribution in [0.4, 0.5) is 0 Å². The van der Waals surface area contributed by atoms with Gasteiger partial charge in [-0.3, -0.25) is 9.69 Å². The first-order valence-electron chi connectivity index (χ1n) is 6.70. The average molecular weight is 248 g/mol. The van der Waals surface area contributed by atoms with Gasteiger partial charge in [0.25, 0.3) is 0 Å². The lowest BCUT2D eigenvalue weighted by atomic mass is 10.1. The van der Waals surface area contributed by atoms with Gasteiger partial charge in [0.05, 0.1) is 0 Å². The van der Waals surface area contributed by atoms with Gasteiger partial charge in [-0.05, 0) is 30.6 Å². The first kappa shape index (κ1) is 14.7. The van der Waals surface area contributed by atoms with Gasteiger partial charge in [-0.25, -0.2) is 0 Å². The quantitative estimate of drug-likeness (QED) is 0.804. The Hall–Kier alpha value is -1.35. The van der Waals surface area contributed by atoms with E-state index in [1.165, 1.54) is 12.0 Å². The molecule has 0 aliphatic carbocycles. The minimum atomic E-state index is 0.0153. The molecule has 1 N–H and O–H groups in total. The Morgan fingerprint density at radius 1 is 1.28 bits per heavy atom. The summed E-state index contributed by atoms with van der Waals surface area (Å²) >= 11 is 0. The third kappa shape index (κ3) is 5.32. The van der Waals surface area contributed by atoms with Crippen molar-refractivity contribution in [3.05, 3.63) is 35.4 Å². The van der Waals surface area contributed by atoms with Crippen LogP contribution in [0.3, 0.4) is 0 Å². The van der Waals surface area contributed by atoms with E-state index in [-0.39, 0.29) is 5.91 Å². The minimum absolute atomic E-state index is 0.0153. The van der Waals surface area contributed by atoms with E-state index in [4.69, 9.17) is 0 Å². The minimum Gasteiger partial charge on any atom is -0.352 e. The van der Waals surface area contributed by atoms with Crippen molar-refractivity contribution in [2.75, 3.05) is 13.1 Å². The van der Waals surface area contributed by atoms with Crippen molar-refractivity contribution >= 4 is 5.91 Å². The average Bonchev–Trinajstić information content (AvgIpc) is 2.36. The van der Waals surface area contributed by atoms with Gasteiger partial charge < -0.3 is 5.32 Å². The molecule has 0 unspecified atom stereocenters. The molecule has 0 aliphatic heterocycles. The van der Waals surface area contributed by atoms with Crippen LogP contribution < -0.4 is 5.32 Å². The third-order valence-electron chi connectivity index (χ3n) is 2.93. The molecule has 0 bridgehead atoms. The van der Waals surface area contributed by atoms with Crippen LogP contribution in [-0.4, -0.2) is 23.9 Å². The monoisotopic (exact) mass is 248 g/mol. The topological polar surface area (TPSA) is 32.3 Å². The summed E-state index contributed by atoms with van der Waals surface area (Å²) in [5, 5.41) is 2.83. The zero-order chi connectivity index (χ0) is 13.4. The highest BCUT2D eigenvalue weighted by Crippen LogP contribution is 2.09. The van der Waals surface area contributed by atoms with E-state index in [9.17, 15) is 4.79 Å². The van der Waals surface area contributed by atoms with Crippen LogP contribution >= 0.6 is 0 Å².